The van der Waals surface area contributed by atoms with Crippen molar-refractivity contribution in [2.24, 2.45) is 0 Å². The number of hydrogen-bond acceptors (Lipinski definition) is 4. The van der Waals surface area contributed by atoms with Crippen molar-refractivity contribution in [1.29, 1.82) is 0 Å². The van der Waals surface area contributed by atoms with Gasteiger partial charge in [-0.2, -0.15) is 0 Å². The van der Waals surface area contributed by atoms with Gasteiger partial charge in [-0.1, -0.05) is 78.1 Å². The van der Waals surface area contributed by atoms with E-state index >= 15 is 0 Å². The Balaban J connectivity index is 3.87. The van der Waals surface area contributed by atoms with E-state index in [2.05, 4.69) is 23.6 Å². The van der Waals surface area contributed by atoms with Crippen LogP contribution in [0.4, 0.5) is 0 Å². The zero-order valence-corrected chi connectivity index (χ0v) is 18.6. The summed E-state index contributed by atoms with van der Waals surface area (Å²) in [5, 5.41) is 18.6. The van der Waals surface area contributed by atoms with E-state index in [9.17, 15) is 10.2 Å². The van der Waals surface area contributed by atoms with E-state index in [0.717, 1.165) is 45.7 Å². The van der Waals surface area contributed by atoms with Gasteiger partial charge < -0.3 is 20.0 Å². The molecule has 0 fully saturated rings. The molecule has 0 bridgehead atoms. The third-order valence-electron chi connectivity index (χ3n) is 5.44. The van der Waals surface area contributed by atoms with Gasteiger partial charge >= 0.3 is 0 Å². The molecule has 0 saturated heterocycles. The average Bonchev–Trinajstić information content (AvgIpc) is 2.67. The highest BCUT2D eigenvalue weighted by atomic mass is 16.3. The van der Waals surface area contributed by atoms with Crippen LogP contribution >= 0.6 is 0 Å². The summed E-state index contributed by atoms with van der Waals surface area (Å²) in [4.78, 5) is 4.84. The van der Waals surface area contributed by atoms with Gasteiger partial charge in [-0.05, 0) is 45.4 Å². The van der Waals surface area contributed by atoms with E-state index in [0.29, 0.717) is 0 Å². The molecule has 0 aromatic carbocycles. The van der Waals surface area contributed by atoms with Crippen molar-refractivity contribution >= 4 is 0 Å². The molecular weight excluding hydrogens is 336 g/mol. The molecule has 0 unspecified atom stereocenters. The first-order valence-corrected chi connectivity index (χ1v) is 11.9. The maximum Gasteiger partial charge on any atom is 0.0558 e. The SMILES string of the molecule is CCCCCCCCN(CCO)CCCN(CCO)CCCCCCCC. The summed E-state index contributed by atoms with van der Waals surface area (Å²) in [5.74, 6) is 0. The molecule has 0 heterocycles. The highest BCUT2D eigenvalue weighted by Crippen LogP contribution is 2.08. The molecule has 0 aromatic heterocycles. The number of hydrogen-bond donors (Lipinski definition) is 2. The largest absolute Gasteiger partial charge is 0.395 e. The van der Waals surface area contributed by atoms with Crippen LogP contribution in [-0.4, -0.2) is 72.5 Å². The fourth-order valence-corrected chi connectivity index (χ4v) is 3.70. The molecule has 0 amide bonds. The van der Waals surface area contributed by atoms with Crippen LogP contribution in [0.25, 0.3) is 0 Å². The minimum atomic E-state index is 0.258. The van der Waals surface area contributed by atoms with Crippen LogP contribution in [0.5, 0.6) is 0 Å². The molecule has 0 atom stereocenters. The van der Waals surface area contributed by atoms with Crippen molar-refractivity contribution in [3.8, 4) is 0 Å². The number of aliphatic hydroxyl groups is 2. The van der Waals surface area contributed by atoms with Crippen LogP contribution in [0.2, 0.25) is 0 Å². The lowest BCUT2D eigenvalue weighted by Crippen LogP contribution is -2.34. The molecule has 0 radical (unpaired) electrons. The lowest BCUT2D eigenvalue weighted by molar-refractivity contribution is 0.165. The van der Waals surface area contributed by atoms with Crippen LogP contribution in [0.1, 0.15) is 97.3 Å². The van der Waals surface area contributed by atoms with Crippen molar-refractivity contribution in [3.05, 3.63) is 0 Å². The molecule has 27 heavy (non-hydrogen) atoms. The topological polar surface area (TPSA) is 46.9 Å². The summed E-state index contributed by atoms with van der Waals surface area (Å²) in [7, 11) is 0. The van der Waals surface area contributed by atoms with Gasteiger partial charge in [-0.3, -0.25) is 0 Å². The van der Waals surface area contributed by atoms with E-state index in [1.54, 1.807) is 0 Å². The molecule has 4 nitrogen and oxygen atoms in total. The lowest BCUT2D eigenvalue weighted by atomic mass is 10.1. The second kappa shape index (κ2) is 22.1. The molecule has 0 aliphatic carbocycles. The molecule has 0 rings (SSSR count). The average molecular weight is 387 g/mol. The molecule has 2 N–H and O–H groups in total. The molecule has 0 spiro atoms. The summed E-state index contributed by atoms with van der Waals surface area (Å²) < 4.78 is 0. The number of nitrogens with zero attached hydrogens (tertiary/aromatic N) is 2. The Morgan fingerprint density at radius 2 is 0.741 bits per heavy atom. The van der Waals surface area contributed by atoms with Gasteiger partial charge in [0.25, 0.3) is 0 Å². The fraction of sp³-hybridized carbons (Fsp3) is 1.00. The zero-order chi connectivity index (χ0) is 20.0. The molecule has 0 saturated carbocycles. The third kappa shape index (κ3) is 18.9. The summed E-state index contributed by atoms with van der Waals surface area (Å²) in [5.41, 5.74) is 0. The van der Waals surface area contributed by atoms with Crippen molar-refractivity contribution in [3.63, 3.8) is 0 Å². The zero-order valence-electron chi connectivity index (χ0n) is 18.6. The Hall–Kier alpha value is -0.160. The Bertz CT molecular complexity index is 251. The maximum absolute atomic E-state index is 9.32. The van der Waals surface area contributed by atoms with Crippen LogP contribution in [0.3, 0.4) is 0 Å². The van der Waals surface area contributed by atoms with Crippen molar-refractivity contribution in [1.82, 2.24) is 9.80 Å². The number of rotatable bonds is 22. The van der Waals surface area contributed by atoms with Gasteiger partial charge in [-0.25, -0.2) is 0 Å². The van der Waals surface area contributed by atoms with Crippen molar-refractivity contribution < 1.29 is 10.2 Å². The third-order valence-corrected chi connectivity index (χ3v) is 5.44. The van der Waals surface area contributed by atoms with Gasteiger partial charge in [-0.15, -0.1) is 0 Å². The highest BCUT2D eigenvalue weighted by Gasteiger charge is 2.07. The van der Waals surface area contributed by atoms with Crippen LogP contribution in [-0.2, 0) is 0 Å². The Morgan fingerprint density at radius 1 is 0.407 bits per heavy atom. The lowest BCUT2D eigenvalue weighted by Gasteiger charge is -2.25. The summed E-state index contributed by atoms with van der Waals surface area (Å²) in [6.07, 6.45) is 17.0. The van der Waals surface area contributed by atoms with Gasteiger partial charge in [0.05, 0.1) is 13.2 Å². The summed E-state index contributed by atoms with van der Waals surface area (Å²) in [6, 6.07) is 0. The predicted molar refractivity (Wildman–Crippen MR) is 118 cm³/mol. The van der Waals surface area contributed by atoms with Crippen LogP contribution < -0.4 is 0 Å². The van der Waals surface area contributed by atoms with Crippen LogP contribution in [0, 0.1) is 0 Å². The van der Waals surface area contributed by atoms with E-state index in [1.165, 1.54) is 77.0 Å². The Labute approximate surface area is 170 Å². The van der Waals surface area contributed by atoms with Crippen molar-refractivity contribution in [2.75, 3.05) is 52.5 Å². The maximum atomic E-state index is 9.32. The fourth-order valence-electron chi connectivity index (χ4n) is 3.70. The van der Waals surface area contributed by atoms with Gasteiger partial charge in [0, 0.05) is 13.1 Å². The first kappa shape index (κ1) is 26.8. The summed E-state index contributed by atoms with van der Waals surface area (Å²) >= 11 is 0. The normalized spacial score (nSPS) is 11.8. The first-order valence-electron chi connectivity index (χ1n) is 11.9. The smallest absolute Gasteiger partial charge is 0.0558 e. The number of unbranched alkanes of at least 4 members (excludes halogenated alkanes) is 10. The molecule has 164 valence electrons. The molecule has 0 aliphatic heterocycles. The van der Waals surface area contributed by atoms with E-state index < -0.39 is 0 Å². The first-order chi connectivity index (χ1) is 13.3. The predicted octanol–water partition coefficient (Wildman–Crippen LogP) is 4.69. The quantitative estimate of drug-likeness (QED) is 0.265. The molecule has 0 aromatic rings. The van der Waals surface area contributed by atoms with E-state index in [4.69, 9.17) is 0 Å². The minimum Gasteiger partial charge on any atom is -0.395 e. The molecule has 4 heteroatoms. The summed E-state index contributed by atoms with van der Waals surface area (Å²) in [6.45, 7) is 11.0. The highest BCUT2D eigenvalue weighted by molar-refractivity contribution is 4.63. The van der Waals surface area contributed by atoms with Crippen LogP contribution in [0.15, 0.2) is 0 Å². The minimum absolute atomic E-state index is 0.258. The van der Waals surface area contributed by atoms with E-state index in [-0.39, 0.29) is 13.2 Å². The molecule has 0 aliphatic rings. The Kier molecular flexibility index (Phi) is 22.0. The Morgan fingerprint density at radius 3 is 1.11 bits per heavy atom. The van der Waals surface area contributed by atoms with Gasteiger partial charge in [0.2, 0.25) is 0 Å². The van der Waals surface area contributed by atoms with Gasteiger partial charge in [0.15, 0.2) is 0 Å². The second-order valence-electron chi connectivity index (χ2n) is 8.02. The van der Waals surface area contributed by atoms with E-state index in [1.807, 2.05) is 0 Å². The van der Waals surface area contributed by atoms with Gasteiger partial charge in [0.1, 0.15) is 0 Å². The molecular formula is C23H50N2O2. The number of aliphatic hydroxyl groups excluding tert-OH is 2. The standard InChI is InChI=1S/C23H50N2O2/c1-3-5-7-9-11-13-16-24(20-22-26)18-15-19-25(21-23-27)17-14-12-10-8-6-4-2/h26-27H,3-23H2,1-2H3. The monoisotopic (exact) mass is 386 g/mol. The second-order valence-corrected chi connectivity index (χ2v) is 8.02. The van der Waals surface area contributed by atoms with Crippen molar-refractivity contribution in [2.45, 2.75) is 97.3 Å².